The zero-order valence-corrected chi connectivity index (χ0v) is 19.2. The summed E-state index contributed by atoms with van der Waals surface area (Å²) >= 11 is 0. The third kappa shape index (κ3) is 4.27. The van der Waals surface area contributed by atoms with E-state index in [-0.39, 0.29) is 36.6 Å². The number of fused-ring (bicyclic) bond motifs is 2. The zero-order valence-electron chi connectivity index (χ0n) is 18.4. The summed E-state index contributed by atoms with van der Waals surface area (Å²) < 4.78 is 24.8. The number of hydrogen-bond donors (Lipinski definition) is 3. The lowest BCUT2D eigenvalue weighted by atomic mass is 9.72. The van der Waals surface area contributed by atoms with Crippen LogP contribution in [0.5, 0.6) is 0 Å². The molecular formula is C22H30N4O4S. The van der Waals surface area contributed by atoms with E-state index in [1.54, 1.807) is 0 Å². The minimum absolute atomic E-state index is 0.0808. The summed E-state index contributed by atoms with van der Waals surface area (Å²) in [6.07, 6.45) is 6.11. The van der Waals surface area contributed by atoms with E-state index in [1.807, 2.05) is 19.9 Å². The van der Waals surface area contributed by atoms with Crippen LogP contribution < -0.4 is 10.0 Å². The van der Waals surface area contributed by atoms with E-state index in [0.717, 1.165) is 29.3 Å². The van der Waals surface area contributed by atoms with E-state index >= 15 is 0 Å². The summed E-state index contributed by atoms with van der Waals surface area (Å²) in [6.45, 7) is 6.64. The Morgan fingerprint density at radius 1 is 1.39 bits per heavy atom. The Labute approximate surface area is 183 Å². The highest BCUT2D eigenvalue weighted by molar-refractivity contribution is 7.88. The number of amides is 1. The van der Waals surface area contributed by atoms with Crippen molar-refractivity contribution in [2.45, 2.75) is 38.8 Å². The average Bonchev–Trinajstić information content (AvgIpc) is 3.09. The maximum Gasteiger partial charge on any atom is 0.254 e. The van der Waals surface area contributed by atoms with Crippen molar-refractivity contribution in [1.82, 2.24) is 20.1 Å². The number of nitrogens with zero attached hydrogens (tertiary/aromatic N) is 1. The van der Waals surface area contributed by atoms with Crippen molar-refractivity contribution in [3.8, 4) is 0 Å². The lowest BCUT2D eigenvalue weighted by Crippen LogP contribution is -2.54. The van der Waals surface area contributed by atoms with Crippen LogP contribution in [0.1, 0.15) is 31.9 Å². The molecule has 2 heterocycles. The molecule has 3 N–H and O–H groups in total. The van der Waals surface area contributed by atoms with Gasteiger partial charge in [-0.2, -0.15) is 0 Å². The van der Waals surface area contributed by atoms with Gasteiger partial charge in [0, 0.05) is 35.7 Å². The van der Waals surface area contributed by atoms with Crippen LogP contribution in [0.2, 0.25) is 0 Å². The maximum absolute atomic E-state index is 13.3. The number of nitrogens with one attached hydrogen (secondary N) is 3. The van der Waals surface area contributed by atoms with Crippen molar-refractivity contribution >= 4 is 32.4 Å². The van der Waals surface area contributed by atoms with Gasteiger partial charge in [0.1, 0.15) is 0 Å². The lowest BCUT2D eigenvalue weighted by molar-refractivity contribution is -0.198. The van der Waals surface area contributed by atoms with Gasteiger partial charge in [-0.15, -0.1) is 0 Å². The van der Waals surface area contributed by atoms with Crippen LogP contribution in [0.4, 0.5) is 0 Å². The van der Waals surface area contributed by atoms with Crippen molar-refractivity contribution in [2.24, 2.45) is 5.92 Å². The van der Waals surface area contributed by atoms with Crippen LogP contribution in [0.25, 0.3) is 16.5 Å². The summed E-state index contributed by atoms with van der Waals surface area (Å²) in [5, 5.41) is 6.20. The molecule has 0 fully saturated rings. The number of aromatic nitrogens is 1. The number of H-pyrrole nitrogens is 1. The Morgan fingerprint density at radius 3 is 2.87 bits per heavy atom. The molecule has 8 nitrogen and oxygen atoms in total. The molecule has 31 heavy (non-hydrogen) atoms. The number of carbonyl (C=O) groups excluding carboxylic acids is 1. The van der Waals surface area contributed by atoms with E-state index in [4.69, 9.17) is 4.84 Å². The van der Waals surface area contributed by atoms with Crippen LogP contribution in [0.15, 0.2) is 30.5 Å². The molecule has 0 spiro atoms. The number of aromatic amines is 1. The number of hydrogen-bond acceptors (Lipinski definition) is 5. The predicted octanol–water partition coefficient (Wildman–Crippen LogP) is 1.80. The lowest BCUT2D eigenvalue weighted by Gasteiger charge is -2.43. The Balaban J connectivity index is 1.58. The topological polar surface area (TPSA) is 104 Å². The van der Waals surface area contributed by atoms with Crippen molar-refractivity contribution in [3.05, 3.63) is 41.6 Å². The summed E-state index contributed by atoms with van der Waals surface area (Å²) in [7, 11) is -3.30. The summed E-state index contributed by atoms with van der Waals surface area (Å²) in [6, 6.07) is 6.05. The first-order chi connectivity index (χ1) is 14.6. The van der Waals surface area contributed by atoms with Crippen LogP contribution in [0, 0.1) is 5.92 Å². The molecule has 1 aliphatic heterocycles. The number of rotatable bonds is 7. The normalized spacial score (nSPS) is 23.0. The Morgan fingerprint density at radius 2 is 2.16 bits per heavy atom. The molecule has 0 saturated heterocycles. The molecule has 2 aromatic rings. The summed E-state index contributed by atoms with van der Waals surface area (Å²) in [5.41, 5.74) is 4.45. The van der Waals surface area contributed by atoms with E-state index < -0.39 is 10.0 Å². The second kappa shape index (κ2) is 8.05. The van der Waals surface area contributed by atoms with Crippen molar-refractivity contribution < 1.29 is 18.0 Å². The first-order valence-corrected chi connectivity index (χ1v) is 12.5. The number of carbonyl (C=O) groups is 1. The highest BCUT2D eigenvalue weighted by Gasteiger charge is 2.41. The Bertz CT molecular complexity index is 1140. The molecule has 0 unspecified atom stereocenters. The van der Waals surface area contributed by atoms with Crippen molar-refractivity contribution in [2.75, 3.05) is 26.0 Å². The zero-order chi connectivity index (χ0) is 22.4. The highest BCUT2D eigenvalue weighted by atomic mass is 32.2. The first-order valence-electron chi connectivity index (χ1n) is 10.6. The van der Waals surface area contributed by atoms with Crippen LogP contribution >= 0.6 is 0 Å². The van der Waals surface area contributed by atoms with Gasteiger partial charge in [-0.1, -0.05) is 18.2 Å². The van der Waals surface area contributed by atoms with Crippen LogP contribution in [-0.2, 0) is 26.1 Å². The smallest absolute Gasteiger partial charge is 0.254 e. The van der Waals surface area contributed by atoms with Crippen LogP contribution in [-0.4, -0.2) is 61.9 Å². The van der Waals surface area contributed by atoms with Crippen LogP contribution in [0.3, 0.4) is 0 Å². The van der Waals surface area contributed by atoms with Gasteiger partial charge in [0.25, 0.3) is 5.91 Å². The van der Waals surface area contributed by atoms with Crippen molar-refractivity contribution in [1.29, 1.82) is 0 Å². The third-order valence-electron chi connectivity index (χ3n) is 6.00. The van der Waals surface area contributed by atoms with E-state index in [1.165, 1.54) is 16.0 Å². The standard InChI is InChI=1S/C22H30N4O4S/c1-14(2)26(30-9-8-25-31(4,28)29)21(27)15-10-18-17-6-5-7-19-20(17)16(12-23-19)11-22(18,3)24-13-15/h5-7,10,12,14-15,23-25H,8-9,11,13H2,1-4H3/t15-,22-/m1/s1. The quantitative estimate of drug-likeness (QED) is 0.445. The first kappa shape index (κ1) is 22.0. The number of hydroxylamine groups is 2. The van der Waals surface area contributed by atoms with Gasteiger partial charge in [0.15, 0.2) is 0 Å². The number of sulfonamides is 1. The van der Waals surface area contributed by atoms with E-state index in [0.29, 0.717) is 6.54 Å². The second-order valence-electron chi connectivity index (χ2n) is 8.88. The molecule has 1 aromatic carbocycles. The second-order valence-corrected chi connectivity index (χ2v) is 10.7. The molecule has 2 aliphatic rings. The van der Waals surface area contributed by atoms with Gasteiger partial charge in [0.2, 0.25) is 10.0 Å². The monoisotopic (exact) mass is 446 g/mol. The molecule has 4 rings (SSSR count). The van der Waals surface area contributed by atoms with Crippen molar-refractivity contribution in [3.63, 3.8) is 0 Å². The molecule has 1 amide bonds. The molecule has 1 aromatic heterocycles. The Hall–Kier alpha value is -2.20. The van der Waals surface area contributed by atoms with Gasteiger partial charge in [-0.05, 0) is 50.0 Å². The molecular weight excluding hydrogens is 416 g/mol. The molecule has 0 saturated carbocycles. The van der Waals surface area contributed by atoms with Gasteiger partial charge in [-0.25, -0.2) is 18.2 Å². The van der Waals surface area contributed by atoms with Gasteiger partial charge >= 0.3 is 0 Å². The molecule has 168 valence electrons. The SMILES string of the molecule is CC(C)N(OCCNS(C)(=O)=O)C(=O)[C@@H]1C=C2c3cccc4[nH]cc(c34)C[C@@]2(C)NC1. The third-order valence-corrected chi connectivity index (χ3v) is 6.72. The summed E-state index contributed by atoms with van der Waals surface area (Å²) in [5.74, 6) is -0.507. The highest BCUT2D eigenvalue weighted by Crippen LogP contribution is 2.44. The minimum atomic E-state index is -3.30. The largest absolute Gasteiger partial charge is 0.361 e. The van der Waals surface area contributed by atoms with E-state index in [9.17, 15) is 13.2 Å². The fourth-order valence-corrected chi connectivity index (χ4v) is 5.03. The molecule has 0 bridgehead atoms. The minimum Gasteiger partial charge on any atom is -0.361 e. The predicted molar refractivity (Wildman–Crippen MR) is 121 cm³/mol. The maximum atomic E-state index is 13.3. The number of benzene rings is 1. The molecule has 0 radical (unpaired) electrons. The van der Waals surface area contributed by atoms with Gasteiger partial charge < -0.3 is 10.3 Å². The fourth-order valence-electron chi connectivity index (χ4n) is 4.58. The average molecular weight is 447 g/mol. The van der Waals surface area contributed by atoms with Gasteiger partial charge in [-0.3, -0.25) is 9.63 Å². The molecule has 9 heteroatoms. The van der Waals surface area contributed by atoms with Gasteiger partial charge in [0.05, 0.1) is 24.8 Å². The summed E-state index contributed by atoms with van der Waals surface area (Å²) in [4.78, 5) is 22.3. The fraction of sp³-hybridized carbons (Fsp3) is 0.500. The molecule has 1 aliphatic carbocycles. The molecule has 2 atom stereocenters. The van der Waals surface area contributed by atoms with E-state index in [2.05, 4.69) is 46.4 Å². The Kier molecular flexibility index (Phi) is 5.72.